The maximum atomic E-state index is 14.4. The average Bonchev–Trinajstić information content (AvgIpc) is 2.82. The number of rotatable bonds is 6. The van der Waals surface area contributed by atoms with Crippen molar-refractivity contribution in [2.24, 2.45) is 0 Å². The highest BCUT2D eigenvalue weighted by atomic mass is 35.5. The molecule has 172 valence electrons. The van der Waals surface area contributed by atoms with Crippen LogP contribution in [0.15, 0.2) is 77.7 Å². The van der Waals surface area contributed by atoms with E-state index in [0.717, 1.165) is 18.7 Å². The third-order valence-corrected chi connectivity index (χ3v) is 7.75. The van der Waals surface area contributed by atoms with E-state index in [0.29, 0.717) is 36.9 Å². The quantitative estimate of drug-likeness (QED) is 0.564. The molecule has 0 unspecified atom stereocenters. The number of nitrogens with zero attached hydrogens (tertiary/aromatic N) is 2. The molecule has 0 radical (unpaired) electrons. The Bertz CT molecular complexity index is 1250. The van der Waals surface area contributed by atoms with E-state index < -0.39 is 21.7 Å². The van der Waals surface area contributed by atoms with Crippen LogP contribution in [0.4, 0.5) is 10.1 Å². The number of halogens is 2. The summed E-state index contributed by atoms with van der Waals surface area (Å²) in [7, 11) is -3.88. The summed E-state index contributed by atoms with van der Waals surface area (Å²) in [5.74, 6) is -1.59. The van der Waals surface area contributed by atoms with Gasteiger partial charge in [0.25, 0.3) is 5.91 Å². The van der Waals surface area contributed by atoms with Crippen LogP contribution in [0.5, 0.6) is 0 Å². The van der Waals surface area contributed by atoms with Crippen molar-refractivity contribution < 1.29 is 17.6 Å². The first-order valence-electron chi connectivity index (χ1n) is 10.5. The average molecular weight is 488 g/mol. The van der Waals surface area contributed by atoms with E-state index in [1.165, 1.54) is 15.9 Å². The van der Waals surface area contributed by atoms with Crippen molar-refractivity contribution in [2.75, 3.05) is 31.5 Å². The molecule has 1 aliphatic rings. The third-order valence-electron chi connectivity index (χ3n) is 5.52. The van der Waals surface area contributed by atoms with Crippen molar-refractivity contribution in [1.29, 1.82) is 0 Å². The van der Waals surface area contributed by atoms with E-state index in [4.69, 9.17) is 11.6 Å². The van der Waals surface area contributed by atoms with Gasteiger partial charge < -0.3 is 5.32 Å². The Balaban J connectivity index is 1.47. The van der Waals surface area contributed by atoms with Crippen LogP contribution in [-0.4, -0.2) is 49.7 Å². The molecule has 6 nitrogen and oxygen atoms in total. The third kappa shape index (κ3) is 5.42. The van der Waals surface area contributed by atoms with Gasteiger partial charge in [0.1, 0.15) is 5.82 Å². The number of anilines is 1. The van der Waals surface area contributed by atoms with Crippen LogP contribution in [-0.2, 0) is 16.6 Å². The molecule has 1 amide bonds. The first-order chi connectivity index (χ1) is 15.8. The molecule has 0 saturated carbocycles. The molecule has 1 aliphatic heterocycles. The number of para-hydroxylation sites is 1. The lowest BCUT2D eigenvalue weighted by molar-refractivity contribution is 0.102. The molecule has 1 N–H and O–H groups in total. The van der Waals surface area contributed by atoms with Crippen LogP contribution in [0, 0.1) is 5.82 Å². The molecule has 1 saturated heterocycles. The molecule has 0 spiro atoms. The highest BCUT2D eigenvalue weighted by molar-refractivity contribution is 7.89. The Hall–Kier alpha value is -2.78. The molecule has 1 heterocycles. The number of piperazine rings is 1. The van der Waals surface area contributed by atoms with Crippen LogP contribution in [0.25, 0.3) is 0 Å². The van der Waals surface area contributed by atoms with Gasteiger partial charge in [-0.2, -0.15) is 4.31 Å². The van der Waals surface area contributed by atoms with Crippen LogP contribution < -0.4 is 5.32 Å². The van der Waals surface area contributed by atoms with Crippen LogP contribution >= 0.6 is 11.6 Å². The Kier molecular flexibility index (Phi) is 7.09. The molecule has 0 aromatic heterocycles. The number of sulfonamides is 1. The maximum absolute atomic E-state index is 14.4. The SMILES string of the molecule is O=C(Nc1ccccc1Cl)c1cc(S(=O)(=O)N2CCN(Cc3ccccc3)CC2)ccc1F. The summed E-state index contributed by atoms with van der Waals surface area (Å²) >= 11 is 6.05. The molecule has 1 fully saturated rings. The lowest BCUT2D eigenvalue weighted by atomic mass is 10.2. The Morgan fingerprint density at radius 1 is 0.939 bits per heavy atom. The zero-order valence-electron chi connectivity index (χ0n) is 17.7. The zero-order valence-corrected chi connectivity index (χ0v) is 19.3. The second kappa shape index (κ2) is 10.0. The summed E-state index contributed by atoms with van der Waals surface area (Å²) in [6.45, 7) is 2.53. The normalized spacial score (nSPS) is 15.3. The van der Waals surface area contributed by atoms with Gasteiger partial charge in [0.05, 0.1) is 21.2 Å². The second-order valence-electron chi connectivity index (χ2n) is 7.74. The van der Waals surface area contributed by atoms with Gasteiger partial charge >= 0.3 is 0 Å². The zero-order chi connectivity index (χ0) is 23.4. The van der Waals surface area contributed by atoms with Gasteiger partial charge in [-0.15, -0.1) is 0 Å². The van der Waals surface area contributed by atoms with Crippen molar-refractivity contribution in [3.8, 4) is 0 Å². The molecule has 33 heavy (non-hydrogen) atoms. The Morgan fingerprint density at radius 2 is 1.61 bits per heavy atom. The van der Waals surface area contributed by atoms with Crippen LogP contribution in [0.2, 0.25) is 5.02 Å². The van der Waals surface area contributed by atoms with Gasteiger partial charge in [-0.05, 0) is 35.9 Å². The summed E-state index contributed by atoms with van der Waals surface area (Å²) in [4.78, 5) is 14.7. The van der Waals surface area contributed by atoms with Gasteiger partial charge in [0.15, 0.2) is 0 Å². The van der Waals surface area contributed by atoms with Crippen molar-refractivity contribution in [1.82, 2.24) is 9.21 Å². The summed E-state index contributed by atoms with van der Waals surface area (Å²) in [6, 6.07) is 19.8. The topological polar surface area (TPSA) is 69.7 Å². The van der Waals surface area contributed by atoms with E-state index >= 15 is 0 Å². The highest BCUT2D eigenvalue weighted by Gasteiger charge is 2.29. The molecule has 3 aromatic carbocycles. The summed E-state index contributed by atoms with van der Waals surface area (Å²) in [6.07, 6.45) is 0. The van der Waals surface area contributed by atoms with Gasteiger partial charge in [0, 0.05) is 32.7 Å². The molecular formula is C24H23ClFN3O3S. The van der Waals surface area contributed by atoms with E-state index in [2.05, 4.69) is 10.2 Å². The van der Waals surface area contributed by atoms with Crippen LogP contribution in [0.3, 0.4) is 0 Å². The standard InChI is InChI=1S/C24H23ClFN3O3S/c25-21-8-4-5-9-23(21)27-24(30)20-16-19(10-11-22(20)26)33(31,32)29-14-12-28(13-15-29)17-18-6-2-1-3-7-18/h1-11,16H,12-15,17H2,(H,27,30). The molecule has 0 atom stereocenters. The largest absolute Gasteiger partial charge is 0.321 e. The molecule has 0 bridgehead atoms. The summed E-state index contributed by atoms with van der Waals surface area (Å²) in [5.41, 5.74) is 1.12. The monoisotopic (exact) mass is 487 g/mol. The summed E-state index contributed by atoms with van der Waals surface area (Å²) in [5, 5.41) is 2.82. The molecular weight excluding hydrogens is 465 g/mol. The maximum Gasteiger partial charge on any atom is 0.258 e. The minimum absolute atomic E-state index is 0.121. The van der Waals surface area contributed by atoms with Crippen molar-refractivity contribution in [3.05, 3.63) is 94.8 Å². The smallest absolute Gasteiger partial charge is 0.258 e. The number of carbonyl (C=O) groups is 1. The number of nitrogens with one attached hydrogen (secondary N) is 1. The van der Waals surface area contributed by atoms with E-state index in [9.17, 15) is 17.6 Å². The van der Waals surface area contributed by atoms with Crippen molar-refractivity contribution >= 4 is 33.2 Å². The first-order valence-corrected chi connectivity index (χ1v) is 12.3. The van der Waals surface area contributed by atoms with Crippen molar-refractivity contribution in [2.45, 2.75) is 11.4 Å². The first kappa shape index (κ1) is 23.4. The lowest BCUT2D eigenvalue weighted by Gasteiger charge is -2.34. The number of hydrogen-bond acceptors (Lipinski definition) is 4. The number of carbonyl (C=O) groups excluding carboxylic acids is 1. The fraction of sp³-hybridized carbons (Fsp3) is 0.208. The minimum Gasteiger partial charge on any atom is -0.321 e. The van der Waals surface area contributed by atoms with Crippen molar-refractivity contribution in [3.63, 3.8) is 0 Å². The molecule has 0 aliphatic carbocycles. The van der Waals surface area contributed by atoms with Gasteiger partial charge in [-0.25, -0.2) is 12.8 Å². The van der Waals surface area contributed by atoms with Gasteiger partial charge in [-0.1, -0.05) is 54.1 Å². The molecule has 9 heteroatoms. The number of hydrogen-bond donors (Lipinski definition) is 1. The predicted molar refractivity (Wildman–Crippen MR) is 126 cm³/mol. The molecule has 3 aromatic rings. The van der Waals surface area contributed by atoms with E-state index in [1.807, 2.05) is 30.3 Å². The Morgan fingerprint density at radius 3 is 2.30 bits per heavy atom. The second-order valence-corrected chi connectivity index (χ2v) is 10.1. The minimum atomic E-state index is -3.88. The fourth-order valence-corrected chi connectivity index (χ4v) is 5.34. The van der Waals surface area contributed by atoms with Gasteiger partial charge in [-0.3, -0.25) is 9.69 Å². The Labute approximate surface area is 197 Å². The lowest BCUT2D eigenvalue weighted by Crippen LogP contribution is -2.48. The summed E-state index contributed by atoms with van der Waals surface area (Å²) < 4.78 is 42.1. The molecule has 4 rings (SSSR count). The van der Waals surface area contributed by atoms with Gasteiger partial charge in [0.2, 0.25) is 10.0 Å². The van der Waals surface area contributed by atoms with E-state index in [-0.39, 0.29) is 10.5 Å². The van der Waals surface area contributed by atoms with E-state index in [1.54, 1.807) is 24.3 Å². The fourth-order valence-electron chi connectivity index (χ4n) is 3.71. The van der Waals surface area contributed by atoms with Crippen LogP contribution in [0.1, 0.15) is 15.9 Å². The number of benzene rings is 3. The number of amides is 1. The predicted octanol–water partition coefficient (Wildman–Crippen LogP) is 4.24. The highest BCUT2D eigenvalue weighted by Crippen LogP contribution is 2.24.